The lowest BCUT2D eigenvalue weighted by Crippen LogP contribution is -2.14. The monoisotopic (exact) mass is 234 g/mol. The quantitative estimate of drug-likeness (QED) is 0.743. The molecule has 0 fully saturated rings. The predicted octanol–water partition coefficient (Wildman–Crippen LogP) is 2.85. The van der Waals surface area contributed by atoms with E-state index in [4.69, 9.17) is 0 Å². The van der Waals surface area contributed by atoms with E-state index in [-0.39, 0.29) is 0 Å². The van der Waals surface area contributed by atoms with Crippen LogP contribution in [0.3, 0.4) is 0 Å². The largest absolute Gasteiger partial charge is 0.309 e. The van der Waals surface area contributed by atoms with Crippen LogP contribution in [0, 0.1) is 0 Å². The summed E-state index contributed by atoms with van der Waals surface area (Å²) < 4.78 is 0. The fourth-order valence-electron chi connectivity index (χ4n) is 1.92. The zero-order valence-corrected chi connectivity index (χ0v) is 11.0. The number of aliphatic imine (C=N–C) groups is 1. The highest BCUT2D eigenvalue weighted by Crippen LogP contribution is 2.35. The molecule has 0 aromatic rings. The lowest BCUT2D eigenvalue weighted by atomic mass is 9.99. The van der Waals surface area contributed by atoms with Gasteiger partial charge in [0.25, 0.3) is 0 Å². The molecule has 2 nitrogen and oxygen atoms in total. The van der Waals surface area contributed by atoms with Gasteiger partial charge >= 0.3 is 0 Å². The number of hydrogen-bond acceptors (Lipinski definition) is 3. The van der Waals surface area contributed by atoms with Crippen molar-refractivity contribution in [3.8, 4) is 0 Å². The second-order valence-electron chi connectivity index (χ2n) is 4.38. The molecular weight excluding hydrogens is 216 g/mol. The SMILES string of the molecule is CSC1=CC=C2N=CC(CCN(C)C)=C2C1. The van der Waals surface area contributed by atoms with E-state index in [2.05, 4.69) is 42.4 Å². The molecule has 0 aromatic carbocycles. The molecule has 86 valence electrons. The van der Waals surface area contributed by atoms with Gasteiger partial charge in [0.1, 0.15) is 0 Å². The van der Waals surface area contributed by atoms with Crippen molar-refractivity contribution in [3.05, 3.63) is 33.9 Å². The van der Waals surface area contributed by atoms with Crippen molar-refractivity contribution in [2.24, 2.45) is 4.99 Å². The summed E-state index contributed by atoms with van der Waals surface area (Å²) in [6, 6.07) is 0. The van der Waals surface area contributed by atoms with Gasteiger partial charge in [0.2, 0.25) is 0 Å². The molecule has 2 rings (SSSR count). The van der Waals surface area contributed by atoms with E-state index in [9.17, 15) is 0 Å². The second-order valence-corrected chi connectivity index (χ2v) is 5.31. The van der Waals surface area contributed by atoms with Gasteiger partial charge in [0, 0.05) is 19.2 Å². The van der Waals surface area contributed by atoms with Crippen molar-refractivity contribution in [1.82, 2.24) is 4.90 Å². The van der Waals surface area contributed by atoms with Gasteiger partial charge in [-0.05, 0) is 48.9 Å². The van der Waals surface area contributed by atoms with Gasteiger partial charge in [-0.2, -0.15) is 0 Å². The zero-order valence-electron chi connectivity index (χ0n) is 10.2. The van der Waals surface area contributed by atoms with Gasteiger partial charge in [-0.15, -0.1) is 11.8 Å². The van der Waals surface area contributed by atoms with Gasteiger partial charge in [0.05, 0.1) is 5.70 Å². The van der Waals surface area contributed by atoms with Crippen LogP contribution in [0.2, 0.25) is 0 Å². The van der Waals surface area contributed by atoms with E-state index in [0.717, 1.165) is 19.4 Å². The minimum atomic E-state index is 1.07. The fraction of sp³-hybridized carbons (Fsp3) is 0.462. The summed E-state index contributed by atoms with van der Waals surface area (Å²) in [4.78, 5) is 8.13. The van der Waals surface area contributed by atoms with Crippen LogP contribution in [-0.4, -0.2) is 38.0 Å². The van der Waals surface area contributed by atoms with Crippen LogP contribution in [-0.2, 0) is 0 Å². The molecule has 0 aromatic heterocycles. The minimum absolute atomic E-state index is 1.07. The number of nitrogens with zero attached hydrogens (tertiary/aromatic N) is 2. The highest BCUT2D eigenvalue weighted by Gasteiger charge is 2.19. The summed E-state index contributed by atoms with van der Waals surface area (Å²) in [5.74, 6) is 0. The molecule has 0 unspecified atom stereocenters. The highest BCUT2D eigenvalue weighted by atomic mass is 32.2. The third kappa shape index (κ3) is 2.47. The summed E-state index contributed by atoms with van der Waals surface area (Å²) in [6.45, 7) is 1.09. The maximum atomic E-state index is 4.48. The van der Waals surface area contributed by atoms with Gasteiger partial charge < -0.3 is 4.90 Å². The van der Waals surface area contributed by atoms with Crippen LogP contribution in [0.15, 0.2) is 38.9 Å². The van der Waals surface area contributed by atoms with E-state index in [0.29, 0.717) is 0 Å². The van der Waals surface area contributed by atoms with Gasteiger partial charge in [-0.1, -0.05) is 6.08 Å². The summed E-state index contributed by atoms with van der Waals surface area (Å²) in [6.07, 6.45) is 10.7. The van der Waals surface area contributed by atoms with Gasteiger partial charge in [-0.25, -0.2) is 0 Å². The molecule has 0 radical (unpaired) electrons. The lowest BCUT2D eigenvalue weighted by Gasteiger charge is -2.14. The normalized spacial score (nSPS) is 19.0. The summed E-state index contributed by atoms with van der Waals surface area (Å²) >= 11 is 1.84. The second kappa shape index (κ2) is 5.02. The van der Waals surface area contributed by atoms with Crippen LogP contribution in [0.1, 0.15) is 12.8 Å². The smallest absolute Gasteiger partial charge is 0.0668 e. The van der Waals surface area contributed by atoms with Gasteiger partial charge in [-0.3, -0.25) is 4.99 Å². The Kier molecular flexibility index (Phi) is 3.66. The van der Waals surface area contributed by atoms with Gasteiger partial charge in [0.15, 0.2) is 0 Å². The first kappa shape index (κ1) is 11.7. The standard InChI is InChI=1S/C13H18N2S/c1-15(2)7-6-10-9-14-13-5-4-11(16-3)8-12(10)13/h4-5,9H,6-8H2,1-3H3. The van der Waals surface area contributed by atoms with Crippen LogP contribution in [0.4, 0.5) is 0 Å². The molecule has 1 heterocycles. The zero-order chi connectivity index (χ0) is 11.5. The third-order valence-corrected chi connectivity index (χ3v) is 3.73. The molecule has 0 N–H and O–H groups in total. The minimum Gasteiger partial charge on any atom is -0.309 e. The molecule has 0 atom stereocenters. The van der Waals surface area contributed by atoms with E-state index in [1.165, 1.54) is 21.7 Å². The molecule has 2 aliphatic rings. The Morgan fingerprint density at radius 2 is 2.19 bits per heavy atom. The maximum absolute atomic E-state index is 4.48. The van der Waals surface area contributed by atoms with Crippen molar-refractivity contribution in [1.29, 1.82) is 0 Å². The first-order chi connectivity index (χ1) is 7.70. The molecule has 16 heavy (non-hydrogen) atoms. The highest BCUT2D eigenvalue weighted by molar-refractivity contribution is 8.02. The molecular formula is C13H18N2S. The Labute approximate surface area is 102 Å². The molecule has 1 aliphatic heterocycles. The molecule has 0 amide bonds. The Balaban J connectivity index is 2.12. The van der Waals surface area contributed by atoms with Crippen molar-refractivity contribution in [3.63, 3.8) is 0 Å². The number of rotatable bonds is 4. The van der Waals surface area contributed by atoms with Crippen molar-refractivity contribution in [2.75, 3.05) is 26.9 Å². The topological polar surface area (TPSA) is 15.6 Å². The molecule has 0 spiro atoms. The molecule has 0 saturated carbocycles. The van der Waals surface area contributed by atoms with Crippen molar-refractivity contribution in [2.45, 2.75) is 12.8 Å². The summed E-state index contributed by atoms with van der Waals surface area (Å²) in [7, 11) is 4.23. The number of thioether (sulfide) groups is 1. The Morgan fingerprint density at radius 3 is 2.88 bits per heavy atom. The summed E-state index contributed by atoms with van der Waals surface area (Å²) in [5, 5.41) is 0. The predicted molar refractivity (Wildman–Crippen MR) is 73.0 cm³/mol. The van der Waals surface area contributed by atoms with E-state index >= 15 is 0 Å². The molecule has 0 saturated heterocycles. The Bertz CT molecular complexity index is 400. The third-order valence-electron chi connectivity index (χ3n) is 2.92. The summed E-state index contributed by atoms with van der Waals surface area (Å²) in [5.41, 5.74) is 4.03. The Hall–Kier alpha value is -0.800. The average Bonchev–Trinajstić information content (AvgIpc) is 2.68. The van der Waals surface area contributed by atoms with Crippen LogP contribution >= 0.6 is 11.8 Å². The Morgan fingerprint density at radius 1 is 1.38 bits per heavy atom. The maximum Gasteiger partial charge on any atom is 0.0668 e. The first-order valence-electron chi connectivity index (χ1n) is 5.56. The van der Waals surface area contributed by atoms with E-state index in [1.54, 1.807) is 0 Å². The van der Waals surface area contributed by atoms with Crippen LogP contribution in [0.5, 0.6) is 0 Å². The molecule has 0 bridgehead atoms. The van der Waals surface area contributed by atoms with Crippen molar-refractivity contribution >= 4 is 18.0 Å². The van der Waals surface area contributed by atoms with Crippen molar-refractivity contribution < 1.29 is 0 Å². The number of allylic oxidation sites excluding steroid dienone is 4. The van der Waals surface area contributed by atoms with Crippen LogP contribution in [0.25, 0.3) is 0 Å². The lowest BCUT2D eigenvalue weighted by molar-refractivity contribution is 0.415. The van der Waals surface area contributed by atoms with E-state index < -0.39 is 0 Å². The number of hydrogen-bond donors (Lipinski definition) is 0. The average molecular weight is 234 g/mol. The molecule has 1 aliphatic carbocycles. The first-order valence-corrected chi connectivity index (χ1v) is 6.79. The number of fused-ring (bicyclic) bond motifs is 1. The molecule has 3 heteroatoms. The van der Waals surface area contributed by atoms with Crippen LogP contribution < -0.4 is 0 Å². The van der Waals surface area contributed by atoms with E-state index in [1.807, 2.05) is 18.0 Å². The fourth-order valence-corrected chi connectivity index (χ4v) is 2.41.